The van der Waals surface area contributed by atoms with Crippen molar-refractivity contribution in [2.24, 2.45) is 0 Å². The van der Waals surface area contributed by atoms with E-state index >= 15 is 0 Å². The van der Waals surface area contributed by atoms with Crippen LogP contribution in [0.15, 0.2) is 53.3 Å². The number of hydrogen-bond acceptors (Lipinski definition) is 3. The summed E-state index contributed by atoms with van der Waals surface area (Å²) in [5, 5.41) is 1.90. The number of anilines is 2. The van der Waals surface area contributed by atoms with Crippen LogP contribution in [0.3, 0.4) is 0 Å². The lowest BCUT2D eigenvalue weighted by Gasteiger charge is -2.21. The van der Waals surface area contributed by atoms with E-state index in [-0.39, 0.29) is 29.7 Å². The Morgan fingerprint density at radius 1 is 0.757 bits per heavy atom. The van der Waals surface area contributed by atoms with Gasteiger partial charge in [-0.1, -0.05) is 45.0 Å². The van der Waals surface area contributed by atoms with Crippen molar-refractivity contribution in [1.29, 1.82) is 0 Å². The maximum atomic E-state index is 13.5. The highest BCUT2D eigenvalue weighted by atomic mass is 19.4. The number of nitrogens with zero attached hydrogens (tertiary/aromatic N) is 2. The maximum absolute atomic E-state index is 13.5. The number of rotatable bonds is 4. The summed E-state index contributed by atoms with van der Waals surface area (Å²) in [6.07, 6.45) is -15.4. The monoisotopic (exact) mass is 537 g/mol. The van der Waals surface area contributed by atoms with Gasteiger partial charge in [-0.2, -0.15) is 39.5 Å². The van der Waals surface area contributed by atoms with Crippen molar-refractivity contribution in [2.45, 2.75) is 51.3 Å². The number of hydrogen-bond donors (Lipinski definition) is 1. The van der Waals surface area contributed by atoms with Crippen LogP contribution in [-0.2, 0) is 30.5 Å². The van der Waals surface area contributed by atoms with E-state index in [4.69, 9.17) is 0 Å². The van der Waals surface area contributed by atoms with Crippen LogP contribution < -0.4 is 10.9 Å². The molecule has 1 N–H and O–H groups in total. The van der Waals surface area contributed by atoms with Crippen molar-refractivity contribution in [3.05, 3.63) is 86.8 Å². The minimum atomic E-state index is -5.16. The second-order valence-corrected chi connectivity index (χ2v) is 9.21. The molecule has 3 aromatic rings. The predicted molar refractivity (Wildman–Crippen MR) is 117 cm³/mol. The zero-order valence-corrected chi connectivity index (χ0v) is 19.5. The molecule has 0 atom stereocenters. The summed E-state index contributed by atoms with van der Waals surface area (Å²) in [5.74, 6) is -1.01. The van der Waals surface area contributed by atoms with E-state index in [0.717, 1.165) is 5.56 Å². The van der Waals surface area contributed by atoms with E-state index in [9.17, 15) is 44.3 Å². The molecule has 37 heavy (non-hydrogen) atoms. The molecule has 0 aliphatic carbocycles. The molecule has 0 aliphatic rings. The first-order valence-corrected chi connectivity index (χ1v) is 10.6. The first-order chi connectivity index (χ1) is 16.8. The van der Waals surface area contributed by atoms with Crippen LogP contribution >= 0.6 is 0 Å². The molecule has 200 valence electrons. The van der Waals surface area contributed by atoms with Crippen molar-refractivity contribution >= 4 is 11.6 Å². The van der Waals surface area contributed by atoms with Crippen LogP contribution in [0.1, 0.15) is 48.7 Å². The molecule has 0 aliphatic heterocycles. The van der Waals surface area contributed by atoms with E-state index in [1.165, 1.54) is 0 Å². The highest BCUT2D eigenvalue weighted by molar-refractivity contribution is 5.61. The molecule has 0 saturated heterocycles. The smallest absolute Gasteiger partial charge is 0.325 e. The summed E-state index contributed by atoms with van der Waals surface area (Å²) in [6.45, 7) is 5.38. The summed E-state index contributed by atoms with van der Waals surface area (Å²) in [7, 11) is 0. The van der Waals surface area contributed by atoms with Crippen LogP contribution in [-0.4, -0.2) is 9.55 Å². The fourth-order valence-electron chi connectivity index (χ4n) is 3.38. The molecule has 2 aromatic carbocycles. The molecule has 0 amide bonds. The van der Waals surface area contributed by atoms with Gasteiger partial charge in [0, 0.05) is 6.07 Å². The normalized spacial score (nSPS) is 13.1. The van der Waals surface area contributed by atoms with Crippen molar-refractivity contribution in [3.8, 4) is 0 Å². The minimum Gasteiger partial charge on any atom is -0.325 e. The predicted octanol–water partition coefficient (Wildman–Crippen LogP) is 7.39. The van der Waals surface area contributed by atoms with Gasteiger partial charge in [-0.25, -0.2) is 4.98 Å². The quantitative estimate of drug-likeness (QED) is 0.353. The lowest BCUT2D eigenvalue weighted by atomic mass is 9.87. The third-order valence-electron chi connectivity index (χ3n) is 5.36. The number of aromatic nitrogens is 2. The minimum absolute atomic E-state index is 0.0949. The molecule has 3 rings (SSSR count). The summed E-state index contributed by atoms with van der Waals surface area (Å²) in [4.78, 5) is 15.9. The number of halogens is 9. The Hall–Kier alpha value is -3.51. The number of nitrogens with one attached hydrogen (secondary N) is 1. The topological polar surface area (TPSA) is 46.9 Å². The Labute approximate surface area is 204 Å². The van der Waals surface area contributed by atoms with Gasteiger partial charge in [0.2, 0.25) is 5.95 Å². The first-order valence-electron chi connectivity index (χ1n) is 10.6. The van der Waals surface area contributed by atoms with Gasteiger partial charge < -0.3 is 5.32 Å². The third kappa shape index (κ3) is 6.63. The molecule has 4 nitrogen and oxygen atoms in total. The Bertz CT molecular complexity index is 1330. The van der Waals surface area contributed by atoms with E-state index in [2.05, 4.69) is 4.98 Å². The van der Waals surface area contributed by atoms with Crippen LogP contribution in [0.5, 0.6) is 0 Å². The third-order valence-corrected chi connectivity index (χ3v) is 5.36. The summed E-state index contributed by atoms with van der Waals surface area (Å²) < 4.78 is 121. The zero-order valence-electron chi connectivity index (χ0n) is 19.5. The van der Waals surface area contributed by atoms with Gasteiger partial charge in [0.1, 0.15) is 0 Å². The SMILES string of the molecule is CC(C)(C)c1ccc(Cn2c(Nc3cc(C(F)(F)F)ccc3C(F)(F)F)nc(C(F)(F)F)cc2=O)cc1. The van der Waals surface area contributed by atoms with Gasteiger partial charge in [-0.05, 0) is 34.7 Å². The molecule has 1 heterocycles. The molecular weight excluding hydrogens is 517 g/mol. The summed E-state index contributed by atoms with van der Waals surface area (Å²) in [6, 6.07) is 7.14. The van der Waals surface area contributed by atoms with Crippen molar-refractivity contribution in [1.82, 2.24) is 9.55 Å². The van der Waals surface area contributed by atoms with E-state index in [0.29, 0.717) is 10.1 Å². The molecule has 1 aromatic heterocycles. The van der Waals surface area contributed by atoms with E-state index in [1.54, 1.807) is 24.3 Å². The van der Waals surface area contributed by atoms with Crippen molar-refractivity contribution in [2.75, 3.05) is 5.32 Å². The summed E-state index contributed by atoms with van der Waals surface area (Å²) in [5.41, 5.74) is -6.24. The van der Waals surface area contributed by atoms with Crippen LogP contribution in [0.2, 0.25) is 0 Å². The average molecular weight is 537 g/mol. The Morgan fingerprint density at radius 2 is 1.32 bits per heavy atom. The molecule has 0 fully saturated rings. The second-order valence-electron chi connectivity index (χ2n) is 9.21. The zero-order chi connectivity index (χ0) is 28.0. The molecule has 0 unspecified atom stereocenters. The molecule has 0 saturated carbocycles. The Morgan fingerprint density at radius 3 is 1.81 bits per heavy atom. The molecule has 0 spiro atoms. The second kappa shape index (κ2) is 9.42. The van der Waals surface area contributed by atoms with Crippen LogP contribution in [0.25, 0.3) is 0 Å². The van der Waals surface area contributed by atoms with E-state index < -0.39 is 59.1 Å². The van der Waals surface area contributed by atoms with Gasteiger partial charge in [0.15, 0.2) is 5.69 Å². The lowest BCUT2D eigenvalue weighted by molar-refractivity contribution is -0.141. The highest BCUT2D eigenvalue weighted by Gasteiger charge is 2.38. The van der Waals surface area contributed by atoms with Gasteiger partial charge in [-0.15, -0.1) is 0 Å². The molecule has 0 bridgehead atoms. The average Bonchev–Trinajstić information content (AvgIpc) is 2.73. The summed E-state index contributed by atoms with van der Waals surface area (Å²) >= 11 is 0. The standard InChI is InChI=1S/C24H20F9N3O/c1-21(2,3)14-6-4-13(5-7-14)12-36-19(37)11-18(24(31,32)33)35-20(36)34-17-10-15(22(25,26)27)8-9-16(17)23(28,29)30/h4-11H,12H2,1-3H3,(H,34,35). The molecule has 0 radical (unpaired) electrons. The van der Waals surface area contributed by atoms with Crippen LogP contribution in [0.4, 0.5) is 51.1 Å². The lowest BCUT2D eigenvalue weighted by Crippen LogP contribution is -2.27. The van der Waals surface area contributed by atoms with Gasteiger partial charge in [0.25, 0.3) is 5.56 Å². The Balaban J connectivity index is 2.17. The number of alkyl halides is 9. The largest absolute Gasteiger partial charge is 0.433 e. The maximum Gasteiger partial charge on any atom is 0.433 e. The highest BCUT2D eigenvalue weighted by Crippen LogP contribution is 2.40. The van der Waals surface area contributed by atoms with Crippen molar-refractivity contribution in [3.63, 3.8) is 0 Å². The Kier molecular flexibility index (Phi) is 7.14. The number of benzene rings is 2. The van der Waals surface area contributed by atoms with Gasteiger partial charge in [-0.3, -0.25) is 9.36 Å². The molecular formula is C24H20F9N3O. The van der Waals surface area contributed by atoms with Gasteiger partial charge in [0.05, 0.1) is 23.4 Å². The van der Waals surface area contributed by atoms with Crippen molar-refractivity contribution < 1.29 is 39.5 Å². The fraction of sp³-hybridized carbons (Fsp3) is 0.333. The van der Waals surface area contributed by atoms with Crippen LogP contribution in [0, 0.1) is 0 Å². The molecule has 13 heteroatoms. The first kappa shape index (κ1) is 28.1. The van der Waals surface area contributed by atoms with E-state index in [1.807, 2.05) is 26.1 Å². The fourth-order valence-corrected chi connectivity index (χ4v) is 3.38. The van der Waals surface area contributed by atoms with Gasteiger partial charge >= 0.3 is 18.5 Å².